The molecule has 0 radical (unpaired) electrons. The predicted molar refractivity (Wildman–Crippen MR) is 116 cm³/mol. The first-order chi connectivity index (χ1) is 13.7. The van der Waals surface area contributed by atoms with E-state index in [1.165, 1.54) is 17.7 Å². The zero-order valence-electron chi connectivity index (χ0n) is 18.0. The van der Waals surface area contributed by atoms with E-state index >= 15 is 0 Å². The molecular formula is C25H33FN2O. The van der Waals surface area contributed by atoms with Crippen LogP contribution in [0.3, 0.4) is 0 Å². The van der Waals surface area contributed by atoms with Gasteiger partial charge in [-0.1, -0.05) is 57.2 Å². The Morgan fingerprint density at radius 1 is 1.14 bits per heavy atom. The number of likely N-dealkylation sites (tertiary alicyclic amines) is 1. The van der Waals surface area contributed by atoms with Gasteiger partial charge in [0, 0.05) is 13.1 Å². The minimum atomic E-state index is -0.214. The van der Waals surface area contributed by atoms with Crippen molar-refractivity contribution in [3.63, 3.8) is 0 Å². The number of hydrogen-bond acceptors (Lipinski definition) is 2. The average molecular weight is 397 g/mol. The van der Waals surface area contributed by atoms with Gasteiger partial charge in [0.05, 0.1) is 12.0 Å². The summed E-state index contributed by atoms with van der Waals surface area (Å²) >= 11 is 0. The number of rotatable bonds is 5. The maximum Gasteiger partial charge on any atom is 0.224 e. The van der Waals surface area contributed by atoms with Crippen molar-refractivity contribution in [2.75, 3.05) is 13.1 Å². The summed E-state index contributed by atoms with van der Waals surface area (Å²) in [4.78, 5) is 15.2. The Kier molecular flexibility index (Phi) is 6.74. The highest BCUT2D eigenvalue weighted by Crippen LogP contribution is 2.25. The fourth-order valence-electron chi connectivity index (χ4n) is 3.95. The molecule has 1 saturated heterocycles. The van der Waals surface area contributed by atoms with Crippen LogP contribution in [0.25, 0.3) is 0 Å². The van der Waals surface area contributed by atoms with E-state index in [0.717, 1.165) is 43.6 Å². The highest BCUT2D eigenvalue weighted by atomic mass is 19.1. The number of halogens is 1. The number of carbonyl (C=O) groups is 1. The van der Waals surface area contributed by atoms with E-state index in [4.69, 9.17) is 0 Å². The molecule has 1 amide bonds. The molecule has 2 atom stereocenters. The molecule has 2 aromatic carbocycles. The molecule has 2 aromatic rings. The standard InChI is InChI=1S/C25H33FN2O/c1-18(20-9-11-22(12-10-20)25(2,3)4)27-24(29)21-6-5-15-28(17-21)16-19-7-13-23(26)14-8-19/h7-14,18,21H,5-6,15-17H2,1-4H3,(H,27,29)/t18-,21-/m0/s1. The number of amides is 1. The molecule has 3 rings (SSSR count). The van der Waals surface area contributed by atoms with Gasteiger partial charge in [-0.05, 0) is 60.5 Å². The van der Waals surface area contributed by atoms with E-state index in [2.05, 4.69) is 55.3 Å². The van der Waals surface area contributed by atoms with E-state index in [0.29, 0.717) is 0 Å². The van der Waals surface area contributed by atoms with Gasteiger partial charge in [0.2, 0.25) is 5.91 Å². The Balaban J connectivity index is 1.56. The first-order valence-electron chi connectivity index (χ1n) is 10.6. The molecular weight excluding hydrogens is 363 g/mol. The quantitative estimate of drug-likeness (QED) is 0.752. The fourth-order valence-corrected chi connectivity index (χ4v) is 3.95. The third-order valence-corrected chi connectivity index (χ3v) is 5.83. The van der Waals surface area contributed by atoms with E-state index in [1.807, 2.05) is 19.1 Å². The molecule has 1 fully saturated rings. The Labute approximate surface area is 174 Å². The maximum absolute atomic E-state index is 13.1. The summed E-state index contributed by atoms with van der Waals surface area (Å²) in [5.41, 5.74) is 3.63. The molecule has 0 saturated carbocycles. The second kappa shape index (κ2) is 9.08. The van der Waals surface area contributed by atoms with Crippen molar-refractivity contribution >= 4 is 5.91 Å². The van der Waals surface area contributed by atoms with Crippen molar-refractivity contribution in [3.8, 4) is 0 Å². The minimum Gasteiger partial charge on any atom is -0.349 e. The molecule has 1 heterocycles. The van der Waals surface area contributed by atoms with Gasteiger partial charge in [-0.15, -0.1) is 0 Å². The highest BCUT2D eigenvalue weighted by molar-refractivity contribution is 5.79. The molecule has 0 unspecified atom stereocenters. The van der Waals surface area contributed by atoms with E-state index in [1.54, 1.807) is 0 Å². The van der Waals surface area contributed by atoms with Crippen LogP contribution in [0.4, 0.5) is 4.39 Å². The lowest BCUT2D eigenvalue weighted by atomic mass is 9.86. The lowest BCUT2D eigenvalue weighted by Crippen LogP contribution is -2.43. The van der Waals surface area contributed by atoms with Crippen molar-refractivity contribution in [2.24, 2.45) is 5.92 Å². The summed E-state index contributed by atoms with van der Waals surface area (Å²) in [6.07, 6.45) is 1.93. The molecule has 4 heteroatoms. The monoisotopic (exact) mass is 396 g/mol. The van der Waals surface area contributed by atoms with Crippen LogP contribution in [0.15, 0.2) is 48.5 Å². The van der Waals surface area contributed by atoms with Gasteiger partial charge >= 0.3 is 0 Å². The van der Waals surface area contributed by atoms with Crippen LogP contribution in [-0.4, -0.2) is 23.9 Å². The normalized spacial score (nSPS) is 19.0. The van der Waals surface area contributed by atoms with Crippen molar-refractivity contribution in [3.05, 3.63) is 71.0 Å². The maximum atomic E-state index is 13.1. The number of piperidine rings is 1. The molecule has 29 heavy (non-hydrogen) atoms. The molecule has 1 aliphatic rings. The number of nitrogens with one attached hydrogen (secondary N) is 1. The Morgan fingerprint density at radius 2 is 1.79 bits per heavy atom. The van der Waals surface area contributed by atoms with Crippen LogP contribution < -0.4 is 5.32 Å². The molecule has 0 bridgehead atoms. The van der Waals surface area contributed by atoms with E-state index < -0.39 is 0 Å². The predicted octanol–water partition coefficient (Wildman–Crippen LogP) is 5.21. The van der Waals surface area contributed by atoms with Crippen molar-refractivity contribution in [1.29, 1.82) is 0 Å². The van der Waals surface area contributed by atoms with Crippen molar-refractivity contribution in [1.82, 2.24) is 10.2 Å². The zero-order chi connectivity index (χ0) is 21.0. The Hall–Kier alpha value is -2.20. The summed E-state index contributed by atoms with van der Waals surface area (Å²) in [7, 11) is 0. The Bertz CT molecular complexity index is 808. The zero-order valence-corrected chi connectivity index (χ0v) is 18.0. The molecule has 0 aromatic heterocycles. The largest absolute Gasteiger partial charge is 0.349 e. The molecule has 156 valence electrons. The van der Waals surface area contributed by atoms with Crippen LogP contribution in [-0.2, 0) is 16.8 Å². The number of nitrogens with zero attached hydrogens (tertiary/aromatic N) is 1. The third-order valence-electron chi connectivity index (χ3n) is 5.83. The topological polar surface area (TPSA) is 32.3 Å². The Morgan fingerprint density at radius 3 is 2.41 bits per heavy atom. The van der Waals surface area contributed by atoms with Crippen LogP contribution in [0.5, 0.6) is 0 Å². The summed E-state index contributed by atoms with van der Waals surface area (Å²) in [5.74, 6) is -0.0872. The second-order valence-corrected chi connectivity index (χ2v) is 9.30. The smallest absolute Gasteiger partial charge is 0.224 e. The van der Waals surface area contributed by atoms with Crippen molar-refractivity contribution in [2.45, 2.75) is 58.5 Å². The van der Waals surface area contributed by atoms with Gasteiger partial charge in [0.25, 0.3) is 0 Å². The summed E-state index contributed by atoms with van der Waals surface area (Å²) in [6, 6.07) is 15.2. The number of hydrogen-bond donors (Lipinski definition) is 1. The lowest BCUT2D eigenvalue weighted by molar-refractivity contribution is -0.127. The summed E-state index contributed by atoms with van der Waals surface area (Å²) < 4.78 is 13.1. The van der Waals surface area contributed by atoms with Gasteiger partial charge < -0.3 is 5.32 Å². The van der Waals surface area contributed by atoms with Gasteiger partial charge in [-0.25, -0.2) is 4.39 Å². The molecule has 0 spiro atoms. The van der Waals surface area contributed by atoms with Crippen LogP contribution in [0, 0.1) is 11.7 Å². The molecule has 1 aliphatic heterocycles. The fraction of sp³-hybridized carbons (Fsp3) is 0.480. The third kappa shape index (κ3) is 5.89. The summed E-state index contributed by atoms with van der Waals surface area (Å²) in [6.45, 7) is 11.1. The first-order valence-corrected chi connectivity index (χ1v) is 10.6. The molecule has 1 N–H and O–H groups in total. The lowest BCUT2D eigenvalue weighted by Gasteiger charge is -2.32. The number of carbonyl (C=O) groups excluding carboxylic acids is 1. The number of benzene rings is 2. The summed E-state index contributed by atoms with van der Waals surface area (Å²) in [5, 5.41) is 3.20. The van der Waals surface area contributed by atoms with Gasteiger partial charge in [-0.3, -0.25) is 9.69 Å². The van der Waals surface area contributed by atoms with Gasteiger partial charge in [-0.2, -0.15) is 0 Å². The second-order valence-electron chi connectivity index (χ2n) is 9.30. The van der Waals surface area contributed by atoms with E-state index in [9.17, 15) is 9.18 Å². The van der Waals surface area contributed by atoms with Crippen LogP contribution in [0.2, 0.25) is 0 Å². The molecule has 3 nitrogen and oxygen atoms in total. The van der Waals surface area contributed by atoms with E-state index in [-0.39, 0.29) is 29.1 Å². The highest BCUT2D eigenvalue weighted by Gasteiger charge is 2.27. The SMILES string of the molecule is C[C@H](NC(=O)[C@H]1CCCN(Cc2ccc(F)cc2)C1)c1ccc(C(C)(C)C)cc1. The van der Waals surface area contributed by atoms with Crippen molar-refractivity contribution < 1.29 is 9.18 Å². The van der Waals surface area contributed by atoms with Crippen LogP contribution >= 0.6 is 0 Å². The van der Waals surface area contributed by atoms with Gasteiger partial charge in [0.15, 0.2) is 0 Å². The minimum absolute atomic E-state index is 0.000460. The first kappa shape index (κ1) is 21.5. The average Bonchev–Trinajstić information content (AvgIpc) is 2.69. The van der Waals surface area contributed by atoms with Gasteiger partial charge in [0.1, 0.15) is 5.82 Å². The van der Waals surface area contributed by atoms with Crippen LogP contribution in [0.1, 0.15) is 63.3 Å². The molecule has 0 aliphatic carbocycles.